The molecule has 0 aromatic heterocycles. The number of nitrogens with one attached hydrogen (secondary N) is 2. The van der Waals surface area contributed by atoms with Crippen molar-refractivity contribution in [3.8, 4) is 0 Å². The molecule has 0 unspecified atom stereocenters. The molecule has 146 valence electrons. The number of hydrogen-bond donors (Lipinski definition) is 2. The molecule has 0 radical (unpaired) electrons. The zero-order chi connectivity index (χ0) is 19.5. The van der Waals surface area contributed by atoms with Crippen LogP contribution >= 0.6 is 15.9 Å². The van der Waals surface area contributed by atoms with E-state index >= 15 is 0 Å². The number of alkyl halides is 3. The van der Waals surface area contributed by atoms with Crippen molar-refractivity contribution in [3.63, 3.8) is 0 Å². The average molecular weight is 435 g/mol. The van der Waals surface area contributed by atoms with E-state index in [2.05, 4.69) is 33.1 Å². The Hall–Kier alpha value is -1.28. The fourth-order valence-electron chi connectivity index (χ4n) is 3.72. The first-order valence-corrected chi connectivity index (χ1v) is 9.58. The van der Waals surface area contributed by atoms with E-state index in [-0.39, 0.29) is 6.04 Å². The molecule has 1 aromatic rings. The van der Waals surface area contributed by atoms with E-state index in [1.165, 1.54) is 11.1 Å². The van der Waals surface area contributed by atoms with Crippen LogP contribution in [0.5, 0.6) is 0 Å². The molecule has 1 fully saturated rings. The van der Waals surface area contributed by atoms with E-state index < -0.39 is 12.7 Å². The molecule has 2 N–H and O–H groups in total. The average Bonchev–Trinajstić information content (AvgIpc) is 2.58. The fraction of sp³-hybridized carbons (Fsp3) is 0.611. The second-order valence-corrected chi connectivity index (χ2v) is 7.45. The summed E-state index contributed by atoms with van der Waals surface area (Å²) in [5.41, 5.74) is 3.70. The van der Waals surface area contributed by atoms with Gasteiger partial charge in [0.1, 0.15) is 0 Å². The molecule has 8 heteroatoms. The second-order valence-electron chi connectivity index (χ2n) is 6.60. The van der Waals surface area contributed by atoms with Gasteiger partial charge in [0.15, 0.2) is 0 Å². The molecule has 1 aliphatic rings. The predicted molar refractivity (Wildman–Crippen MR) is 105 cm³/mol. The molecule has 0 bridgehead atoms. The van der Waals surface area contributed by atoms with Gasteiger partial charge in [-0.2, -0.15) is 13.2 Å². The van der Waals surface area contributed by atoms with E-state index in [0.717, 1.165) is 33.5 Å². The summed E-state index contributed by atoms with van der Waals surface area (Å²) in [6.07, 6.45) is -1.43. The molecule has 26 heavy (non-hydrogen) atoms. The summed E-state index contributed by atoms with van der Waals surface area (Å²) < 4.78 is 38.8. The van der Waals surface area contributed by atoms with E-state index in [1.807, 2.05) is 20.0 Å². The van der Waals surface area contributed by atoms with Gasteiger partial charge in [0, 0.05) is 54.7 Å². The largest absolute Gasteiger partial charge is 0.401 e. The summed E-state index contributed by atoms with van der Waals surface area (Å²) in [6.45, 7) is 4.84. The third-order valence-corrected chi connectivity index (χ3v) is 5.80. The lowest BCUT2D eigenvalue weighted by Crippen LogP contribution is -2.47. The van der Waals surface area contributed by atoms with Gasteiger partial charge < -0.3 is 15.6 Å². The van der Waals surface area contributed by atoms with Crippen LogP contribution in [0.1, 0.15) is 30.9 Å². The van der Waals surface area contributed by atoms with Crippen molar-refractivity contribution in [1.82, 2.24) is 4.90 Å². The Kier molecular flexibility index (Phi) is 6.96. The highest BCUT2D eigenvalue weighted by molar-refractivity contribution is 9.10. The van der Waals surface area contributed by atoms with Crippen LogP contribution in [0.4, 0.5) is 24.5 Å². The minimum atomic E-state index is -4.15. The number of anilines is 2. The number of rotatable bonds is 6. The van der Waals surface area contributed by atoms with E-state index in [4.69, 9.17) is 5.41 Å². The highest BCUT2D eigenvalue weighted by atomic mass is 79.9. The third kappa shape index (κ3) is 4.71. The summed E-state index contributed by atoms with van der Waals surface area (Å²) in [5, 5.41) is 11.0. The minimum absolute atomic E-state index is 0.167. The van der Waals surface area contributed by atoms with Gasteiger partial charge in [0.05, 0.1) is 12.2 Å². The number of nitrogens with zero attached hydrogens (tertiary/aromatic N) is 2. The van der Waals surface area contributed by atoms with Crippen molar-refractivity contribution >= 4 is 33.5 Å². The highest BCUT2D eigenvalue weighted by Gasteiger charge is 2.34. The van der Waals surface area contributed by atoms with Crippen molar-refractivity contribution in [1.29, 1.82) is 5.41 Å². The molecule has 4 nitrogen and oxygen atoms in total. The normalized spacial score (nSPS) is 16.6. The standard InChI is InChI=1S/C18H26BrF3N4/c1-4-26(13-5-7-25(8-6-13)11-18(20,21)22)17-12(2)15(19)9-16(24-3)14(17)10-23/h9-10,13,23-24H,4-8,11H2,1-3H3. The maximum atomic E-state index is 12.6. The van der Waals surface area contributed by atoms with Crippen LogP contribution in [-0.2, 0) is 0 Å². The lowest BCUT2D eigenvalue weighted by molar-refractivity contribution is -0.147. The summed E-state index contributed by atoms with van der Waals surface area (Å²) in [4.78, 5) is 3.72. The van der Waals surface area contributed by atoms with Crippen molar-refractivity contribution in [2.45, 2.75) is 38.9 Å². The Morgan fingerprint density at radius 1 is 1.38 bits per heavy atom. The molecule has 0 atom stereocenters. The number of piperidine rings is 1. The quantitative estimate of drug-likeness (QED) is 0.640. The van der Waals surface area contributed by atoms with E-state index in [9.17, 15) is 13.2 Å². The Morgan fingerprint density at radius 3 is 2.46 bits per heavy atom. The first kappa shape index (κ1) is 21.0. The number of hydrogen-bond acceptors (Lipinski definition) is 4. The molecule has 1 aliphatic heterocycles. The predicted octanol–water partition coefficient (Wildman–Crippen LogP) is 4.65. The van der Waals surface area contributed by atoms with Crippen LogP contribution in [-0.4, -0.2) is 56.6 Å². The first-order chi connectivity index (χ1) is 12.2. The summed E-state index contributed by atoms with van der Waals surface area (Å²) >= 11 is 3.59. The van der Waals surface area contributed by atoms with Crippen LogP contribution in [0, 0.1) is 12.3 Å². The molecule has 0 spiro atoms. The van der Waals surface area contributed by atoms with Crippen LogP contribution < -0.4 is 10.2 Å². The van der Waals surface area contributed by atoms with Crippen LogP contribution in [0.15, 0.2) is 10.5 Å². The SMILES string of the molecule is CCN(c1c(C)c(Br)cc(NC)c1C=N)C1CCN(CC(F)(F)F)CC1. The summed E-state index contributed by atoms with van der Waals surface area (Å²) in [6, 6.07) is 2.12. The third-order valence-electron chi connectivity index (χ3n) is 4.97. The zero-order valence-electron chi connectivity index (χ0n) is 15.4. The topological polar surface area (TPSA) is 42.4 Å². The maximum absolute atomic E-state index is 12.6. The second kappa shape index (κ2) is 8.61. The zero-order valence-corrected chi connectivity index (χ0v) is 17.0. The van der Waals surface area contributed by atoms with Crippen molar-refractivity contribution in [2.24, 2.45) is 0 Å². The molecule has 0 saturated carbocycles. The number of benzene rings is 1. The lowest BCUT2D eigenvalue weighted by Gasteiger charge is -2.41. The molecule has 1 saturated heterocycles. The van der Waals surface area contributed by atoms with Gasteiger partial charge in [-0.05, 0) is 38.3 Å². The van der Waals surface area contributed by atoms with Crippen LogP contribution in [0.25, 0.3) is 0 Å². The van der Waals surface area contributed by atoms with Crippen LogP contribution in [0.2, 0.25) is 0 Å². The van der Waals surface area contributed by atoms with Crippen molar-refractivity contribution in [2.75, 3.05) is 43.4 Å². The van der Waals surface area contributed by atoms with Gasteiger partial charge in [0.2, 0.25) is 0 Å². The number of halogens is 4. The summed E-state index contributed by atoms with van der Waals surface area (Å²) in [7, 11) is 1.82. The molecular formula is C18H26BrF3N4. The first-order valence-electron chi connectivity index (χ1n) is 8.78. The van der Waals surface area contributed by atoms with Crippen molar-refractivity contribution < 1.29 is 13.2 Å². The van der Waals surface area contributed by atoms with Gasteiger partial charge in [-0.25, -0.2) is 0 Å². The monoisotopic (exact) mass is 434 g/mol. The molecular weight excluding hydrogens is 409 g/mol. The Morgan fingerprint density at radius 2 is 2.00 bits per heavy atom. The maximum Gasteiger partial charge on any atom is 0.401 e. The molecule has 2 rings (SSSR count). The molecule has 0 aliphatic carbocycles. The van der Waals surface area contributed by atoms with Gasteiger partial charge in [-0.3, -0.25) is 4.90 Å². The van der Waals surface area contributed by atoms with Crippen LogP contribution in [0.3, 0.4) is 0 Å². The Labute approximate surface area is 161 Å². The van der Waals surface area contributed by atoms with Gasteiger partial charge in [0.25, 0.3) is 0 Å². The van der Waals surface area contributed by atoms with Gasteiger partial charge >= 0.3 is 6.18 Å². The smallest absolute Gasteiger partial charge is 0.387 e. The molecule has 0 amide bonds. The van der Waals surface area contributed by atoms with Crippen molar-refractivity contribution in [3.05, 3.63) is 21.7 Å². The van der Waals surface area contributed by atoms with Gasteiger partial charge in [-0.1, -0.05) is 15.9 Å². The Balaban J connectivity index is 2.27. The van der Waals surface area contributed by atoms with E-state index in [1.54, 1.807) is 0 Å². The molecule has 1 aromatic carbocycles. The van der Waals surface area contributed by atoms with E-state index in [0.29, 0.717) is 25.9 Å². The lowest BCUT2D eigenvalue weighted by atomic mass is 9.98. The summed E-state index contributed by atoms with van der Waals surface area (Å²) in [5.74, 6) is 0. The Bertz CT molecular complexity index is 640. The number of likely N-dealkylation sites (tertiary alicyclic amines) is 1. The fourth-order valence-corrected chi connectivity index (χ4v) is 4.14. The minimum Gasteiger partial charge on any atom is -0.387 e. The molecule has 1 heterocycles. The highest BCUT2D eigenvalue weighted by Crippen LogP contribution is 2.38. The van der Waals surface area contributed by atoms with Gasteiger partial charge in [-0.15, -0.1) is 0 Å².